The third-order valence-electron chi connectivity index (χ3n) is 0.989. The Balaban J connectivity index is 2.79. The highest BCUT2D eigenvalue weighted by molar-refractivity contribution is 14.1. The summed E-state index contributed by atoms with van der Waals surface area (Å²) in [6.45, 7) is 1.37. The second-order valence-electron chi connectivity index (χ2n) is 1.98. The third-order valence-corrected chi connectivity index (χ3v) is 1.61. The van der Waals surface area contributed by atoms with Crippen molar-refractivity contribution in [3.63, 3.8) is 0 Å². The van der Waals surface area contributed by atoms with Gasteiger partial charge in [-0.2, -0.15) is 0 Å². The van der Waals surface area contributed by atoms with E-state index in [4.69, 9.17) is 4.74 Å². The van der Waals surface area contributed by atoms with E-state index in [1.807, 2.05) is 6.07 Å². The van der Waals surface area contributed by atoms with E-state index in [1.54, 1.807) is 12.1 Å². The van der Waals surface area contributed by atoms with Crippen LogP contribution in [0.15, 0.2) is 18.2 Å². The minimum atomic E-state index is -0.305. The fraction of sp³-hybridized carbons (Fsp3) is 0.125. The SMILES string of the molecule is CC(=O)Oc1c[c]cc(I)c1. The quantitative estimate of drug-likeness (QED) is 0.439. The van der Waals surface area contributed by atoms with Crippen molar-refractivity contribution in [2.45, 2.75) is 6.92 Å². The molecule has 0 bridgehead atoms. The van der Waals surface area contributed by atoms with Gasteiger partial charge in [-0.3, -0.25) is 4.79 Å². The molecule has 0 aliphatic heterocycles. The molecule has 0 heterocycles. The summed E-state index contributed by atoms with van der Waals surface area (Å²) in [6, 6.07) is 8.07. The summed E-state index contributed by atoms with van der Waals surface area (Å²) in [5, 5.41) is 0. The van der Waals surface area contributed by atoms with Crippen LogP contribution < -0.4 is 4.74 Å². The molecule has 0 amide bonds. The van der Waals surface area contributed by atoms with E-state index in [0.29, 0.717) is 5.75 Å². The molecule has 2 nitrogen and oxygen atoms in total. The molecule has 0 unspecified atom stereocenters. The largest absolute Gasteiger partial charge is 0.427 e. The van der Waals surface area contributed by atoms with E-state index >= 15 is 0 Å². The summed E-state index contributed by atoms with van der Waals surface area (Å²) >= 11 is 2.13. The lowest BCUT2D eigenvalue weighted by molar-refractivity contribution is -0.131. The number of carbonyl (C=O) groups excluding carboxylic acids is 1. The molecule has 0 aliphatic carbocycles. The number of ether oxygens (including phenoxy) is 1. The minimum Gasteiger partial charge on any atom is -0.427 e. The normalized spacial score (nSPS) is 9.27. The minimum absolute atomic E-state index is 0.305. The lowest BCUT2D eigenvalue weighted by Gasteiger charge is -1.99. The zero-order valence-electron chi connectivity index (χ0n) is 5.93. The summed E-state index contributed by atoms with van der Waals surface area (Å²) < 4.78 is 5.82. The van der Waals surface area contributed by atoms with Gasteiger partial charge in [0, 0.05) is 10.5 Å². The summed E-state index contributed by atoms with van der Waals surface area (Å²) in [5.74, 6) is 0.241. The molecule has 3 heteroatoms. The average Bonchev–Trinajstić information content (AvgIpc) is 1.85. The van der Waals surface area contributed by atoms with Gasteiger partial charge in [0.2, 0.25) is 0 Å². The molecule has 1 radical (unpaired) electrons. The highest BCUT2D eigenvalue weighted by Gasteiger charge is 1.96. The van der Waals surface area contributed by atoms with Crippen LogP contribution in [-0.2, 0) is 4.79 Å². The molecule has 0 aromatic heterocycles. The molecule has 0 N–H and O–H groups in total. The van der Waals surface area contributed by atoms with Gasteiger partial charge in [-0.15, -0.1) is 0 Å². The molecular weight excluding hydrogens is 255 g/mol. The van der Waals surface area contributed by atoms with Crippen LogP contribution in [0.25, 0.3) is 0 Å². The first-order chi connectivity index (χ1) is 5.18. The summed E-state index contributed by atoms with van der Waals surface area (Å²) in [6.07, 6.45) is 0. The first-order valence-electron chi connectivity index (χ1n) is 3.03. The van der Waals surface area contributed by atoms with Crippen LogP contribution in [-0.4, -0.2) is 5.97 Å². The van der Waals surface area contributed by atoms with E-state index in [0.717, 1.165) is 3.57 Å². The van der Waals surface area contributed by atoms with E-state index in [2.05, 4.69) is 28.7 Å². The summed E-state index contributed by atoms with van der Waals surface area (Å²) in [7, 11) is 0. The van der Waals surface area contributed by atoms with Crippen LogP contribution in [0, 0.1) is 9.64 Å². The Morgan fingerprint density at radius 2 is 2.36 bits per heavy atom. The standard InChI is InChI=1S/C8H6IO2/c1-6(10)11-8-4-2-3-7(9)5-8/h3-5H,1H3. The molecule has 11 heavy (non-hydrogen) atoms. The molecule has 1 aromatic rings. The van der Waals surface area contributed by atoms with E-state index in [1.165, 1.54) is 6.92 Å². The molecule has 57 valence electrons. The highest BCUT2D eigenvalue weighted by atomic mass is 127. The van der Waals surface area contributed by atoms with Gasteiger partial charge >= 0.3 is 5.97 Å². The molecular formula is C8H6IO2. The van der Waals surface area contributed by atoms with Crippen molar-refractivity contribution in [3.8, 4) is 5.75 Å². The number of hydrogen-bond donors (Lipinski definition) is 0. The van der Waals surface area contributed by atoms with Crippen molar-refractivity contribution in [3.05, 3.63) is 27.8 Å². The van der Waals surface area contributed by atoms with Gasteiger partial charge in [0.05, 0.1) is 0 Å². The van der Waals surface area contributed by atoms with Gasteiger partial charge in [-0.05, 0) is 46.9 Å². The monoisotopic (exact) mass is 261 g/mol. The summed E-state index contributed by atoms with van der Waals surface area (Å²) in [5.41, 5.74) is 0. The van der Waals surface area contributed by atoms with Crippen molar-refractivity contribution in [2.24, 2.45) is 0 Å². The lowest BCUT2D eigenvalue weighted by atomic mass is 10.3. The maximum absolute atomic E-state index is 10.5. The van der Waals surface area contributed by atoms with E-state index in [-0.39, 0.29) is 5.97 Å². The Morgan fingerprint density at radius 1 is 1.64 bits per heavy atom. The smallest absolute Gasteiger partial charge is 0.308 e. The maximum atomic E-state index is 10.5. The second kappa shape index (κ2) is 3.71. The van der Waals surface area contributed by atoms with Crippen molar-refractivity contribution in [1.29, 1.82) is 0 Å². The average molecular weight is 261 g/mol. The number of halogens is 1. The molecule has 0 saturated heterocycles. The highest BCUT2D eigenvalue weighted by Crippen LogP contribution is 2.14. The topological polar surface area (TPSA) is 26.3 Å². The van der Waals surface area contributed by atoms with Crippen molar-refractivity contribution in [1.82, 2.24) is 0 Å². The number of rotatable bonds is 1. The summed E-state index contributed by atoms with van der Waals surface area (Å²) in [4.78, 5) is 10.5. The molecule has 0 fully saturated rings. The molecule has 0 aliphatic rings. The Kier molecular flexibility index (Phi) is 2.87. The van der Waals surface area contributed by atoms with Gasteiger partial charge in [0.25, 0.3) is 0 Å². The van der Waals surface area contributed by atoms with Crippen molar-refractivity contribution < 1.29 is 9.53 Å². The van der Waals surface area contributed by atoms with Gasteiger partial charge in [0.1, 0.15) is 5.75 Å². The molecule has 0 atom stereocenters. The Bertz CT molecular complexity index is 271. The molecule has 0 spiro atoms. The number of carbonyl (C=O) groups is 1. The van der Waals surface area contributed by atoms with Gasteiger partial charge in [-0.25, -0.2) is 0 Å². The third kappa shape index (κ3) is 2.88. The van der Waals surface area contributed by atoms with Crippen LogP contribution in [0.4, 0.5) is 0 Å². The van der Waals surface area contributed by atoms with Crippen LogP contribution >= 0.6 is 22.6 Å². The van der Waals surface area contributed by atoms with E-state index in [9.17, 15) is 4.79 Å². The molecule has 1 aromatic carbocycles. The fourth-order valence-electron chi connectivity index (χ4n) is 0.648. The maximum Gasteiger partial charge on any atom is 0.308 e. The zero-order chi connectivity index (χ0) is 8.27. The lowest BCUT2D eigenvalue weighted by Crippen LogP contribution is -2.00. The number of benzene rings is 1. The molecule has 0 saturated carbocycles. The van der Waals surface area contributed by atoms with Gasteiger partial charge in [0.15, 0.2) is 0 Å². The first-order valence-corrected chi connectivity index (χ1v) is 4.11. The van der Waals surface area contributed by atoms with Crippen LogP contribution in [0.2, 0.25) is 0 Å². The fourth-order valence-corrected chi connectivity index (χ4v) is 1.13. The van der Waals surface area contributed by atoms with Crippen molar-refractivity contribution >= 4 is 28.6 Å². The Morgan fingerprint density at radius 3 is 2.91 bits per heavy atom. The van der Waals surface area contributed by atoms with E-state index < -0.39 is 0 Å². The van der Waals surface area contributed by atoms with Gasteiger partial charge in [-0.1, -0.05) is 0 Å². The van der Waals surface area contributed by atoms with Crippen molar-refractivity contribution in [2.75, 3.05) is 0 Å². The van der Waals surface area contributed by atoms with Crippen LogP contribution in [0.5, 0.6) is 5.75 Å². The van der Waals surface area contributed by atoms with Crippen LogP contribution in [0.3, 0.4) is 0 Å². The Labute approximate surface area is 78.7 Å². The first kappa shape index (κ1) is 8.52. The second-order valence-corrected chi connectivity index (χ2v) is 3.23. The van der Waals surface area contributed by atoms with Gasteiger partial charge < -0.3 is 4.74 Å². The number of hydrogen-bond acceptors (Lipinski definition) is 2. The zero-order valence-corrected chi connectivity index (χ0v) is 8.08. The van der Waals surface area contributed by atoms with Crippen LogP contribution in [0.1, 0.15) is 6.92 Å². The Hall–Kier alpha value is -0.580. The predicted molar refractivity (Wildman–Crippen MR) is 49.3 cm³/mol. The number of esters is 1. The molecule has 1 rings (SSSR count). The predicted octanol–water partition coefficient (Wildman–Crippen LogP) is 2.02.